The number of rotatable bonds is 2. The summed E-state index contributed by atoms with van der Waals surface area (Å²) in [6.07, 6.45) is 5.12. The number of aromatic nitrogens is 2. The molecule has 20 heavy (non-hydrogen) atoms. The van der Waals surface area contributed by atoms with Crippen LogP contribution in [0.2, 0.25) is 0 Å². The average molecular weight is 269 g/mol. The molecule has 2 aromatic rings. The van der Waals surface area contributed by atoms with E-state index in [1.54, 1.807) is 0 Å². The number of nitrogens with zero attached hydrogens (tertiary/aromatic N) is 2. The topological polar surface area (TPSA) is 43.8 Å². The molecule has 3 heteroatoms. The highest BCUT2D eigenvalue weighted by atomic mass is 15.1. The molecule has 3 nitrogen and oxygen atoms in total. The Morgan fingerprint density at radius 3 is 2.60 bits per heavy atom. The largest absolute Gasteiger partial charge is 0.383 e. The maximum Gasteiger partial charge on any atom is 0.131 e. The second kappa shape index (κ2) is 4.97. The summed E-state index contributed by atoms with van der Waals surface area (Å²) < 4.78 is 2.09. The van der Waals surface area contributed by atoms with Gasteiger partial charge in [0.15, 0.2) is 0 Å². The minimum absolute atomic E-state index is 0.584. The van der Waals surface area contributed by atoms with Crippen LogP contribution in [0.4, 0.5) is 5.82 Å². The molecule has 0 aliphatic heterocycles. The minimum Gasteiger partial charge on any atom is -0.383 e. The highest BCUT2D eigenvalue weighted by Gasteiger charge is 2.24. The minimum atomic E-state index is 0.584. The third kappa shape index (κ3) is 2.01. The van der Waals surface area contributed by atoms with Crippen LogP contribution in [0.5, 0.6) is 0 Å². The molecule has 0 radical (unpaired) electrons. The summed E-state index contributed by atoms with van der Waals surface area (Å²) >= 11 is 0. The fraction of sp³-hybridized carbons (Fsp3) is 0.471. The molecular formula is C17H23N3. The predicted molar refractivity (Wildman–Crippen MR) is 83.7 cm³/mol. The molecule has 0 atom stereocenters. The van der Waals surface area contributed by atoms with E-state index in [1.807, 2.05) is 7.05 Å². The zero-order valence-electron chi connectivity index (χ0n) is 12.6. The molecular weight excluding hydrogens is 246 g/mol. The van der Waals surface area contributed by atoms with Crippen molar-refractivity contribution < 1.29 is 0 Å². The lowest BCUT2D eigenvalue weighted by molar-refractivity contribution is 0.635. The van der Waals surface area contributed by atoms with Crippen molar-refractivity contribution in [3.8, 4) is 11.3 Å². The van der Waals surface area contributed by atoms with Gasteiger partial charge in [-0.25, -0.2) is 4.98 Å². The van der Waals surface area contributed by atoms with Gasteiger partial charge in [-0.1, -0.05) is 31.0 Å². The van der Waals surface area contributed by atoms with Crippen molar-refractivity contribution >= 4 is 5.82 Å². The van der Waals surface area contributed by atoms with Gasteiger partial charge >= 0.3 is 0 Å². The summed E-state index contributed by atoms with van der Waals surface area (Å²) in [6.45, 7) is 4.28. The summed E-state index contributed by atoms with van der Waals surface area (Å²) in [5, 5.41) is 0. The number of nitrogen functional groups attached to an aromatic ring is 1. The Bertz CT molecular complexity index is 634. The molecule has 1 saturated carbocycles. The highest BCUT2D eigenvalue weighted by molar-refractivity contribution is 5.74. The van der Waals surface area contributed by atoms with Gasteiger partial charge in [0.2, 0.25) is 0 Å². The first-order chi connectivity index (χ1) is 9.59. The van der Waals surface area contributed by atoms with Crippen molar-refractivity contribution in [2.24, 2.45) is 7.05 Å². The van der Waals surface area contributed by atoms with E-state index in [0.29, 0.717) is 5.92 Å². The van der Waals surface area contributed by atoms with Crippen LogP contribution in [-0.2, 0) is 7.05 Å². The first-order valence-electron chi connectivity index (χ1n) is 7.48. The number of nitrogens with two attached hydrogens (primary N) is 1. The zero-order valence-corrected chi connectivity index (χ0v) is 12.6. The van der Waals surface area contributed by atoms with E-state index < -0.39 is 0 Å². The highest BCUT2D eigenvalue weighted by Crippen LogP contribution is 2.37. The molecule has 0 saturated heterocycles. The fourth-order valence-corrected chi connectivity index (χ4v) is 3.28. The number of hydrogen-bond acceptors (Lipinski definition) is 2. The molecule has 1 aromatic heterocycles. The Labute approximate surface area is 120 Å². The quantitative estimate of drug-likeness (QED) is 0.897. The lowest BCUT2D eigenvalue weighted by Crippen LogP contribution is -2.05. The van der Waals surface area contributed by atoms with Crippen LogP contribution in [0.15, 0.2) is 18.2 Å². The summed E-state index contributed by atoms with van der Waals surface area (Å²) in [4.78, 5) is 4.90. The van der Waals surface area contributed by atoms with Gasteiger partial charge in [-0.2, -0.15) is 0 Å². The SMILES string of the molecule is Cc1cccc(-c2nc(C3CCCC3)n(C)c2N)c1C. The van der Waals surface area contributed by atoms with Crippen LogP contribution in [0.3, 0.4) is 0 Å². The van der Waals surface area contributed by atoms with Crippen LogP contribution >= 0.6 is 0 Å². The van der Waals surface area contributed by atoms with Crippen molar-refractivity contribution in [1.82, 2.24) is 9.55 Å². The molecule has 0 amide bonds. The molecule has 1 aliphatic rings. The average Bonchev–Trinajstić information content (AvgIpc) is 3.04. The second-order valence-corrected chi connectivity index (χ2v) is 5.99. The number of anilines is 1. The van der Waals surface area contributed by atoms with Crippen molar-refractivity contribution in [2.75, 3.05) is 5.73 Å². The second-order valence-electron chi connectivity index (χ2n) is 5.99. The summed E-state index contributed by atoms with van der Waals surface area (Å²) in [7, 11) is 2.05. The van der Waals surface area contributed by atoms with Gasteiger partial charge in [-0.15, -0.1) is 0 Å². The monoisotopic (exact) mass is 269 g/mol. The van der Waals surface area contributed by atoms with E-state index in [4.69, 9.17) is 10.7 Å². The lowest BCUT2D eigenvalue weighted by Gasteiger charge is -2.08. The van der Waals surface area contributed by atoms with Crippen molar-refractivity contribution in [3.63, 3.8) is 0 Å². The van der Waals surface area contributed by atoms with Crippen molar-refractivity contribution in [2.45, 2.75) is 45.4 Å². The maximum absolute atomic E-state index is 6.32. The molecule has 0 spiro atoms. The van der Waals surface area contributed by atoms with E-state index >= 15 is 0 Å². The lowest BCUT2D eigenvalue weighted by atomic mass is 10.0. The first kappa shape index (κ1) is 13.2. The Morgan fingerprint density at radius 1 is 1.20 bits per heavy atom. The van der Waals surface area contributed by atoms with Gasteiger partial charge < -0.3 is 10.3 Å². The van der Waals surface area contributed by atoms with Crippen LogP contribution in [-0.4, -0.2) is 9.55 Å². The van der Waals surface area contributed by atoms with Crippen molar-refractivity contribution in [3.05, 3.63) is 35.2 Å². The molecule has 1 heterocycles. The normalized spacial score (nSPS) is 15.9. The van der Waals surface area contributed by atoms with E-state index in [9.17, 15) is 0 Å². The summed E-state index contributed by atoms with van der Waals surface area (Å²) in [6, 6.07) is 6.34. The fourth-order valence-electron chi connectivity index (χ4n) is 3.28. The molecule has 3 rings (SSSR count). The maximum atomic E-state index is 6.32. The van der Waals surface area contributed by atoms with E-state index in [0.717, 1.165) is 17.3 Å². The van der Waals surface area contributed by atoms with Gasteiger partial charge in [0.1, 0.15) is 17.3 Å². The van der Waals surface area contributed by atoms with E-state index in [1.165, 1.54) is 42.4 Å². The number of aryl methyl sites for hydroxylation is 1. The predicted octanol–water partition coefficient (Wildman–Crippen LogP) is 3.94. The smallest absolute Gasteiger partial charge is 0.131 e. The molecule has 0 bridgehead atoms. The van der Waals surface area contributed by atoms with Crippen molar-refractivity contribution in [1.29, 1.82) is 0 Å². The standard InChI is InChI=1S/C17H23N3/c1-11-7-6-10-14(12(11)2)15-16(18)20(3)17(19-15)13-8-4-5-9-13/h6-7,10,13H,4-5,8-9,18H2,1-3H3. The van der Waals surface area contributed by atoms with Crippen LogP contribution in [0.1, 0.15) is 48.6 Å². The molecule has 0 unspecified atom stereocenters. The van der Waals surface area contributed by atoms with Crippen LogP contribution < -0.4 is 5.73 Å². The van der Waals surface area contributed by atoms with Gasteiger partial charge in [0.25, 0.3) is 0 Å². The van der Waals surface area contributed by atoms with Crippen LogP contribution in [0.25, 0.3) is 11.3 Å². The number of hydrogen-bond donors (Lipinski definition) is 1. The molecule has 106 valence electrons. The molecule has 1 fully saturated rings. The first-order valence-corrected chi connectivity index (χ1v) is 7.48. The Balaban J connectivity index is 2.10. The number of benzene rings is 1. The Hall–Kier alpha value is -1.77. The molecule has 1 aliphatic carbocycles. The molecule has 1 aromatic carbocycles. The third-order valence-electron chi connectivity index (χ3n) is 4.75. The Kier molecular flexibility index (Phi) is 3.28. The van der Waals surface area contributed by atoms with Crippen LogP contribution in [0, 0.1) is 13.8 Å². The van der Waals surface area contributed by atoms with E-state index in [-0.39, 0.29) is 0 Å². The summed E-state index contributed by atoms with van der Waals surface area (Å²) in [5.41, 5.74) is 11.0. The number of imidazole rings is 1. The van der Waals surface area contributed by atoms with Gasteiger partial charge in [-0.05, 0) is 37.8 Å². The van der Waals surface area contributed by atoms with Gasteiger partial charge in [-0.3, -0.25) is 0 Å². The molecule has 2 N–H and O–H groups in total. The third-order valence-corrected chi connectivity index (χ3v) is 4.75. The Morgan fingerprint density at radius 2 is 1.90 bits per heavy atom. The van der Waals surface area contributed by atoms with Gasteiger partial charge in [0, 0.05) is 18.5 Å². The zero-order chi connectivity index (χ0) is 14.3. The summed E-state index contributed by atoms with van der Waals surface area (Å²) in [5.74, 6) is 2.54. The van der Waals surface area contributed by atoms with E-state index in [2.05, 4.69) is 36.6 Å². The van der Waals surface area contributed by atoms with Gasteiger partial charge in [0.05, 0.1) is 0 Å².